The van der Waals surface area contributed by atoms with Gasteiger partial charge in [-0.2, -0.15) is 5.10 Å². The molecule has 0 fully saturated rings. The van der Waals surface area contributed by atoms with E-state index in [-0.39, 0.29) is 5.91 Å². The lowest BCUT2D eigenvalue weighted by molar-refractivity contribution is 0.101. The van der Waals surface area contributed by atoms with E-state index in [9.17, 15) is 4.79 Å². The Balaban J connectivity index is 1.51. The van der Waals surface area contributed by atoms with Crippen molar-refractivity contribution in [3.05, 3.63) is 60.9 Å². The third-order valence-electron chi connectivity index (χ3n) is 4.63. The Bertz CT molecular complexity index is 1080. The van der Waals surface area contributed by atoms with Gasteiger partial charge in [0.25, 0.3) is 5.91 Å². The molecule has 0 aliphatic carbocycles. The highest BCUT2D eigenvalue weighted by Gasteiger charge is 2.16. The van der Waals surface area contributed by atoms with E-state index in [0.29, 0.717) is 24.8 Å². The standard InChI is InChI=1S/C20H23N7O2/c1-29-14-13-26-11-7-17(24-26)19(28)23-20-22-16-5-2-3-6-18(16)27(20)10-4-9-25-12-8-21-15-25/h2-3,5-8,11-12,15H,4,9-10,13-14H2,1H3,(H,22,23,28). The number of hydrogen-bond acceptors (Lipinski definition) is 5. The Morgan fingerprint density at radius 3 is 2.86 bits per heavy atom. The highest BCUT2D eigenvalue weighted by atomic mass is 16.5. The molecule has 0 unspecified atom stereocenters. The SMILES string of the molecule is COCCn1ccc(C(=O)Nc2nc3ccccc3n2CCCn2ccnc2)n1. The number of nitrogens with one attached hydrogen (secondary N) is 1. The molecule has 0 aliphatic rings. The normalized spacial score (nSPS) is 11.2. The van der Waals surface area contributed by atoms with Crippen LogP contribution in [-0.2, 0) is 24.4 Å². The summed E-state index contributed by atoms with van der Waals surface area (Å²) in [6.45, 7) is 2.69. The Morgan fingerprint density at radius 1 is 1.14 bits per heavy atom. The van der Waals surface area contributed by atoms with Crippen LogP contribution < -0.4 is 5.32 Å². The largest absolute Gasteiger partial charge is 0.383 e. The number of carbonyl (C=O) groups is 1. The minimum Gasteiger partial charge on any atom is -0.383 e. The summed E-state index contributed by atoms with van der Waals surface area (Å²) in [7, 11) is 1.63. The molecule has 0 bridgehead atoms. The number of methoxy groups -OCH3 is 1. The maximum absolute atomic E-state index is 12.7. The summed E-state index contributed by atoms with van der Waals surface area (Å²) in [5.41, 5.74) is 2.17. The minimum atomic E-state index is -0.285. The summed E-state index contributed by atoms with van der Waals surface area (Å²) in [6.07, 6.45) is 8.15. The maximum atomic E-state index is 12.7. The van der Waals surface area contributed by atoms with Crippen LogP contribution in [0, 0.1) is 0 Å². The van der Waals surface area contributed by atoms with Crippen LogP contribution in [-0.4, -0.2) is 48.5 Å². The highest BCUT2D eigenvalue weighted by molar-refractivity contribution is 6.02. The van der Waals surface area contributed by atoms with Crippen molar-refractivity contribution in [3.8, 4) is 0 Å². The number of hydrogen-bond donors (Lipinski definition) is 1. The minimum absolute atomic E-state index is 0.285. The summed E-state index contributed by atoms with van der Waals surface area (Å²) in [4.78, 5) is 21.4. The monoisotopic (exact) mass is 393 g/mol. The summed E-state index contributed by atoms with van der Waals surface area (Å²) in [5, 5.41) is 7.22. The van der Waals surface area contributed by atoms with Crippen LogP contribution in [0.2, 0.25) is 0 Å². The molecule has 1 amide bonds. The average Bonchev–Trinajstić information content (AvgIpc) is 3.47. The first kappa shape index (κ1) is 18.9. The van der Waals surface area contributed by atoms with E-state index < -0.39 is 0 Å². The molecule has 150 valence electrons. The molecular weight excluding hydrogens is 370 g/mol. The average molecular weight is 393 g/mol. The second kappa shape index (κ2) is 8.70. The van der Waals surface area contributed by atoms with E-state index in [4.69, 9.17) is 4.74 Å². The molecule has 9 nitrogen and oxygen atoms in total. The highest BCUT2D eigenvalue weighted by Crippen LogP contribution is 2.20. The molecule has 0 saturated heterocycles. The van der Waals surface area contributed by atoms with Gasteiger partial charge in [-0.1, -0.05) is 12.1 Å². The van der Waals surface area contributed by atoms with Crippen LogP contribution in [0.3, 0.4) is 0 Å². The lowest BCUT2D eigenvalue weighted by Gasteiger charge is -2.10. The molecule has 29 heavy (non-hydrogen) atoms. The lowest BCUT2D eigenvalue weighted by atomic mass is 10.3. The van der Waals surface area contributed by atoms with E-state index in [2.05, 4.69) is 20.4 Å². The van der Waals surface area contributed by atoms with Crippen LogP contribution in [0.25, 0.3) is 11.0 Å². The molecule has 0 aliphatic heterocycles. The van der Waals surface area contributed by atoms with Crippen molar-refractivity contribution in [1.82, 2.24) is 28.9 Å². The third kappa shape index (κ3) is 4.35. The fraction of sp³-hybridized carbons (Fsp3) is 0.300. The fourth-order valence-electron chi connectivity index (χ4n) is 3.19. The summed E-state index contributed by atoms with van der Waals surface area (Å²) in [6, 6.07) is 9.55. The van der Waals surface area contributed by atoms with Crippen LogP contribution >= 0.6 is 0 Å². The number of amides is 1. The van der Waals surface area contributed by atoms with Gasteiger partial charge in [0.05, 0.1) is 30.5 Å². The number of imidazole rings is 2. The van der Waals surface area contributed by atoms with Gasteiger partial charge in [-0.15, -0.1) is 0 Å². The number of aryl methyl sites for hydroxylation is 2. The van der Waals surface area contributed by atoms with Gasteiger partial charge in [-0.3, -0.25) is 14.8 Å². The number of para-hydroxylation sites is 2. The Hall–Kier alpha value is -3.46. The second-order valence-electron chi connectivity index (χ2n) is 6.64. The molecule has 4 rings (SSSR count). The van der Waals surface area contributed by atoms with Gasteiger partial charge in [0.15, 0.2) is 5.69 Å². The molecule has 0 saturated carbocycles. The number of rotatable bonds is 9. The fourth-order valence-corrected chi connectivity index (χ4v) is 3.19. The van der Waals surface area contributed by atoms with Crippen molar-refractivity contribution in [1.29, 1.82) is 0 Å². The number of carbonyl (C=O) groups excluding carboxylic acids is 1. The molecule has 3 heterocycles. The third-order valence-corrected chi connectivity index (χ3v) is 4.63. The van der Waals surface area contributed by atoms with Crippen molar-refractivity contribution in [3.63, 3.8) is 0 Å². The molecule has 3 aromatic heterocycles. The van der Waals surface area contributed by atoms with Crippen molar-refractivity contribution in [2.24, 2.45) is 0 Å². The van der Waals surface area contributed by atoms with Gasteiger partial charge in [0.2, 0.25) is 5.95 Å². The maximum Gasteiger partial charge on any atom is 0.278 e. The first-order valence-electron chi connectivity index (χ1n) is 9.49. The van der Waals surface area contributed by atoms with E-state index in [1.165, 1.54) is 0 Å². The summed E-state index contributed by atoms with van der Waals surface area (Å²) < 4.78 is 10.8. The van der Waals surface area contributed by atoms with Crippen molar-refractivity contribution >= 4 is 22.9 Å². The molecular formula is C20H23N7O2. The smallest absolute Gasteiger partial charge is 0.278 e. The first-order chi connectivity index (χ1) is 14.2. The molecule has 0 spiro atoms. The molecule has 1 aromatic carbocycles. The van der Waals surface area contributed by atoms with Crippen LogP contribution in [0.5, 0.6) is 0 Å². The van der Waals surface area contributed by atoms with Gasteiger partial charge < -0.3 is 13.9 Å². The van der Waals surface area contributed by atoms with E-state index in [0.717, 1.165) is 30.5 Å². The zero-order chi connectivity index (χ0) is 20.1. The van der Waals surface area contributed by atoms with E-state index in [1.807, 2.05) is 39.6 Å². The number of nitrogens with zero attached hydrogens (tertiary/aromatic N) is 6. The van der Waals surface area contributed by atoms with Crippen molar-refractivity contribution < 1.29 is 9.53 Å². The summed E-state index contributed by atoms with van der Waals surface area (Å²) >= 11 is 0. The lowest BCUT2D eigenvalue weighted by Crippen LogP contribution is -2.17. The zero-order valence-electron chi connectivity index (χ0n) is 16.2. The molecule has 0 radical (unpaired) electrons. The van der Waals surface area contributed by atoms with Gasteiger partial charge in [0, 0.05) is 38.8 Å². The number of benzene rings is 1. The Kier molecular flexibility index (Phi) is 5.66. The molecule has 1 N–H and O–H groups in total. The topological polar surface area (TPSA) is 91.8 Å². The van der Waals surface area contributed by atoms with Crippen LogP contribution in [0.4, 0.5) is 5.95 Å². The number of aromatic nitrogens is 6. The van der Waals surface area contributed by atoms with Gasteiger partial charge in [0.1, 0.15) is 0 Å². The predicted octanol–water partition coefficient (Wildman–Crippen LogP) is 2.42. The molecule has 9 heteroatoms. The van der Waals surface area contributed by atoms with Gasteiger partial charge >= 0.3 is 0 Å². The zero-order valence-corrected chi connectivity index (χ0v) is 16.2. The van der Waals surface area contributed by atoms with Gasteiger partial charge in [-0.25, -0.2) is 9.97 Å². The quantitative estimate of drug-likeness (QED) is 0.471. The van der Waals surface area contributed by atoms with Crippen LogP contribution in [0.1, 0.15) is 16.9 Å². The van der Waals surface area contributed by atoms with Crippen LogP contribution in [0.15, 0.2) is 55.2 Å². The predicted molar refractivity (Wildman–Crippen MR) is 109 cm³/mol. The summed E-state index contributed by atoms with van der Waals surface area (Å²) in [5.74, 6) is 0.237. The first-order valence-corrected chi connectivity index (χ1v) is 9.49. The number of anilines is 1. The second-order valence-corrected chi connectivity index (χ2v) is 6.64. The van der Waals surface area contributed by atoms with E-state index in [1.54, 1.807) is 36.6 Å². The Morgan fingerprint density at radius 2 is 2.03 bits per heavy atom. The van der Waals surface area contributed by atoms with Crippen molar-refractivity contribution in [2.45, 2.75) is 26.1 Å². The molecule has 4 aromatic rings. The Labute approximate surface area is 167 Å². The number of ether oxygens (including phenoxy) is 1. The van der Waals surface area contributed by atoms with E-state index >= 15 is 0 Å². The van der Waals surface area contributed by atoms with Gasteiger partial charge in [-0.05, 0) is 24.6 Å². The molecule has 0 atom stereocenters. The van der Waals surface area contributed by atoms with Crippen molar-refractivity contribution in [2.75, 3.05) is 19.0 Å². The number of fused-ring (bicyclic) bond motifs is 1.